The lowest BCUT2D eigenvalue weighted by atomic mass is 10.2. The van der Waals surface area contributed by atoms with Crippen LogP contribution >= 0.6 is 11.6 Å². The Kier molecular flexibility index (Phi) is 5.20. The molecule has 0 aromatic carbocycles. The summed E-state index contributed by atoms with van der Waals surface area (Å²) in [4.78, 5) is 17.4. The Balaban J connectivity index is 1.99. The van der Waals surface area contributed by atoms with Crippen LogP contribution in [0.4, 0.5) is 4.79 Å². The molecule has 1 saturated heterocycles. The zero-order valence-corrected chi connectivity index (χ0v) is 15.0. The first-order valence-corrected chi connectivity index (χ1v) is 9.46. The Morgan fingerprint density at radius 1 is 1.43 bits per heavy atom. The highest BCUT2D eigenvalue weighted by Crippen LogP contribution is 2.22. The maximum Gasteiger partial charge on any atom is 0.410 e. The Morgan fingerprint density at radius 3 is 2.70 bits per heavy atom. The van der Waals surface area contributed by atoms with E-state index in [1.807, 2.05) is 0 Å². The minimum atomic E-state index is -3.37. The van der Waals surface area contributed by atoms with Gasteiger partial charge in [0.1, 0.15) is 10.8 Å². The summed E-state index contributed by atoms with van der Waals surface area (Å²) < 4.78 is 30.3. The minimum Gasteiger partial charge on any atom is -0.444 e. The predicted molar refractivity (Wildman–Crippen MR) is 88.1 cm³/mol. The van der Waals surface area contributed by atoms with Gasteiger partial charge in [-0.2, -0.15) is 0 Å². The van der Waals surface area contributed by atoms with Crippen molar-refractivity contribution in [3.8, 4) is 0 Å². The summed E-state index contributed by atoms with van der Waals surface area (Å²) in [6.07, 6.45) is 1.41. The molecule has 1 fully saturated rings. The largest absolute Gasteiger partial charge is 0.444 e. The molecule has 2 rings (SSSR count). The van der Waals surface area contributed by atoms with Crippen molar-refractivity contribution in [1.29, 1.82) is 0 Å². The van der Waals surface area contributed by atoms with Gasteiger partial charge in [-0.3, -0.25) is 0 Å². The number of ether oxygens (including phenoxy) is 1. The van der Waals surface area contributed by atoms with Gasteiger partial charge in [0, 0.05) is 19.3 Å². The third kappa shape index (κ3) is 5.07. The second-order valence-corrected chi connectivity index (χ2v) is 9.30. The van der Waals surface area contributed by atoms with Crippen LogP contribution in [0.5, 0.6) is 0 Å². The van der Waals surface area contributed by atoms with Crippen molar-refractivity contribution < 1.29 is 17.9 Å². The molecule has 1 atom stereocenters. The molecule has 128 valence electrons. The highest BCUT2D eigenvalue weighted by molar-refractivity contribution is 7.91. The van der Waals surface area contributed by atoms with Crippen LogP contribution in [0.25, 0.3) is 0 Å². The highest BCUT2D eigenvalue weighted by atomic mass is 35.5. The number of rotatable bonds is 3. The quantitative estimate of drug-likeness (QED) is 0.774. The summed E-state index contributed by atoms with van der Waals surface area (Å²) in [6, 6.07) is 3.21. The van der Waals surface area contributed by atoms with Gasteiger partial charge in [0.05, 0.1) is 11.0 Å². The van der Waals surface area contributed by atoms with Gasteiger partial charge in [-0.05, 0) is 38.8 Å². The molecule has 1 amide bonds. The van der Waals surface area contributed by atoms with E-state index in [9.17, 15) is 13.2 Å². The second kappa shape index (κ2) is 6.65. The second-order valence-electron chi connectivity index (χ2n) is 6.63. The van der Waals surface area contributed by atoms with E-state index in [0.29, 0.717) is 23.7 Å². The predicted octanol–water partition coefficient (Wildman–Crippen LogP) is 2.66. The van der Waals surface area contributed by atoms with Crippen molar-refractivity contribution in [2.75, 3.05) is 13.1 Å². The number of carbonyl (C=O) groups is 1. The molecule has 0 spiro atoms. The zero-order valence-electron chi connectivity index (χ0n) is 13.5. The summed E-state index contributed by atoms with van der Waals surface area (Å²) in [5.41, 5.74) is -0.00615. The lowest BCUT2D eigenvalue weighted by Crippen LogP contribution is -2.36. The van der Waals surface area contributed by atoms with Crippen LogP contribution in [0.1, 0.15) is 32.8 Å². The molecule has 0 aliphatic carbocycles. The Bertz CT molecular complexity index is 668. The highest BCUT2D eigenvalue weighted by Gasteiger charge is 2.36. The van der Waals surface area contributed by atoms with Crippen molar-refractivity contribution in [2.45, 2.75) is 43.8 Å². The Morgan fingerprint density at radius 2 is 2.13 bits per heavy atom. The van der Waals surface area contributed by atoms with Crippen LogP contribution in [-0.4, -0.2) is 48.3 Å². The molecule has 0 bridgehead atoms. The summed E-state index contributed by atoms with van der Waals surface area (Å²) in [5.74, 6) is -0.107. The van der Waals surface area contributed by atoms with Crippen LogP contribution in [0.3, 0.4) is 0 Å². The Hall–Kier alpha value is -1.34. The molecule has 1 aliphatic heterocycles. The average Bonchev–Trinajstić information content (AvgIpc) is 2.90. The smallest absolute Gasteiger partial charge is 0.410 e. The first kappa shape index (κ1) is 18.0. The molecular formula is C15H21ClN2O4S. The minimum absolute atomic E-state index is 0.107. The molecule has 1 aromatic heterocycles. The van der Waals surface area contributed by atoms with Gasteiger partial charge < -0.3 is 9.64 Å². The monoisotopic (exact) mass is 360 g/mol. The van der Waals surface area contributed by atoms with Crippen molar-refractivity contribution in [3.05, 3.63) is 29.0 Å². The molecular weight excluding hydrogens is 340 g/mol. The van der Waals surface area contributed by atoms with Crippen LogP contribution in [-0.2, 0) is 20.3 Å². The number of hydrogen-bond donors (Lipinski definition) is 0. The van der Waals surface area contributed by atoms with Crippen LogP contribution in [0.15, 0.2) is 18.3 Å². The maximum absolute atomic E-state index is 12.5. The van der Waals surface area contributed by atoms with E-state index in [4.69, 9.17) is 16.3 Å². The fourth-order valence-electron chi connectivity index (χ4n) is 2.36. The fourth-order valence-corrected chi connectivity index (χ4v) is 4.21. The zero-order chi connectivity index (χ0) is 17.3. The van der Waals surface area contributed by atoms with Gasteiger partial charge in [-0.25, -0.2) is 18.2 Å². The average molecular weight is 361 g/mol. The van der Waals surface area contributed by atoms with E-state index in [1.54, 1.807) is 32.9 Å². The number of likely N-dealkylation sites (tertiary alicyclic amines) is 1. The van der Waals surface area contributed by atoms with Gasteiger partial charge in [0.15, 0.2) is 9.84 Å². The standard InChI is InChI=1S/C15H21ClN2O4S/c1-15(2,3)22-14(19)18-7-6-12(9-18)23(20,21)10-11-4-5-13(16)17-8-11/h4-5,8,12H,6-7,9-10H2,1-3H3/t12-/m0/s1. The maximum atomic E-state index is 12.5. The summed E-state index contributed by atoms with van der Waals surface area (Å²) in [6.45, 7) is 5.89. The van der Waals surface area contributed by atoms with Crippen molar-refractivity contribution in [3.63, 3.8) is 0 Å². The number of amides is 1. The molecule has 8 heteroatoms. The molecule has 1 aromatic rings. The van der Waals surface area contributed by atoms with E-state index in [2.05, 4.69) is 4.98 Å². The summed E-state index contributed by atoms with van der Waals surface area (Å²) in [7, 11) is -3.37. The van der Waals surface area contributed by atoms with Gasteiger partial charge in [0.2, 0.25) is 0 Å². The van der Waals surface area contributed by atoms with Gasteiger partial charge >= 0.3 is 6.09 Å². The van der Waals surface area contributed by atoms with Crippen molar-refractivity contribution >= 4 is 27.5 Å². The van der Waals surface area contributed by atoms with Gasteiger partial charge in [-0.1, -0.05) is 17.7 Å². The normalized spacial score (nSPS) is 19.0. The molecule has 1 aliphatic rings. The lowest BCUT2D eigenvalue weighted by molar-refractivity contribution is 0.0295. The summed E-state index contributed by atoms with van der Waals surface area (Å²) in [5, 5.41) is -0.256. The van der Waals surface area contributed by atoms with Crippen molar-refractivity contribution in [2.24, 2.45) is 0 Å². The molecule has 0 saturated carbocycles. The molecule has 0 N–H and O–H groups in total. The van der Waals surface area contributed by atoms with Gasteiger partial charge in [-0.15, -0.1) is 0 Å². The number of carbonyl (C=O) groups excluding carboxylic acids is 1. The number of aromatic nitrogens is 1. The number of halogens is 1. The van der Waals surface area contributed by atoms with E-state index in [1.165, 1.54) is 11.1 Å². The van der Waals surface area contributed by atoms with Gasteiger partial charge in [0.25, 0.3) is 0 Å². The van der Waals surface area contributed by atoms with Crippen molar-refractivity contribution in [1.82, 2.24) is 9.88 Å². The number of sulfone groups is 1. The van der Waals surface area contributed by atoms with Crippen LogP contribution < -0.4 is 0 Å². The van der Waals surface area contributed by atoms with E-state index in [-0.39, 0.29) is 12.3 Å². The Labute approximate surface area is 141 Å². The molecule has 0 radical (unpaired) electrons. The first-order chi connectivity index (χ1) is 10.6. The SMILES string of the molecule is CC(C)(C)OC(=O)N1CC[C@H](S(=O)(=O)Cc2ccc(Cl)nc2)C1. The topological polar surface area (TPSA) is 76.6 Å². The lowest BCUT2D eigenvalue weighted by Gasteiger charge is -2.24. The molecule has 6 nitrogen and oxygen atoms in total. The molecule has 2 heterocycles. The molecule has 0 unspecified atom stereocenters. The van der Waals surface area contributed by atoms with Crippen LogP contribution in [0.2, 0.25) is 5.15 Å². The van der Waals surface area contributed by atoms with Crippen LogP contribution in [0, 0.1) is 0 Å². The third-order valence-corrected chi connectivity index (χ3v) is 5.82. The van der Waals surface area contributed by atoms with E-state index < -0.39 is 26.8 Å². The number of pyridine rings is 1. The van der Waals surface area contributed by atoms with E-state index >= 15 is 0 Å². The number of nitrogens with zero attached hydrogens (tertiary/aromatic N) is 2. The van der Waals surface area contributed by atoms with E-state index in [0.717, 1.165) is 0 Å². The third-order valence-electron chi connectivity index (χ3n) is 3.46. The summed E-state index contributed by atoms with van der Waals surface area (Å²) >= 11 is 5.70. The number of hydrogen-bond acceptors (Lipinski definition) is 5. The fraction of sp³-hybridized carbons (Fsp3) is 0.600. The molecule has 23 heavy (non-hydrogen) atoms. The first-order valence-electron chi connectivity index (χ1n) is 7.37.